The van der Waals surface area contributed by atoms with Gasteiger partial charge in [-0.05, 0) is 42.9 Å². The number of hydrogen-bond acceptors (Lipinski definition) is 0. The molecule has 1 aliphatic carbocycles. The monoisotopic (exact) mass is 196 g/mol. The maximum Gasteiger partial charge on any atom is -0.0383 e. The minimum absolute atomic E-state index is 0.974. The smallest absolute Gasteiger partial charge is 0.0383 e. The molecule has 0 aromatic heterocycles. The van der Waals surface area contributed by atoms with Crippen molar-refractivity contribution >= 4 is 0 Å². The minimum Gasteiger partial charge on any atom is -0.0654 e. The number of hydrogen-bond donors (Lipinski definition) is 0. The molecule has 0 heterocycles. The predicted octanol–water partition coefficient (Wildman–Crippen LogP) is 4.89. The van der Waals surface area contributed by atoms with Crippen molar-refractivity contribution < 1.29 is 0 Å². The van der Waals surface area contributed by atoms with Gasteiger partial charge in [0.25, 0.3) is 0 Å². The van der Waals surface area contributed by atoms with Crippen molar-refractivity contribution in [1.29, 1.82) is 0 Å². The summed E-state index contributed by atoms with van der Waals surface area (Å²) in [6.07, 6.45) is 8.69. The fourth-order valence-corrected chi connectivity index (χ4v) is 2.81. The van der Waals surface area contributed by atoms with Crippen LogP contribution in [0, 0.1) is 23.7 Å². The molecule has 0 aromatic carbocycles. The summed E-state index contributed by atoms with van der Waals surface area (Å²) in [5.74, 6) is 4.11. The fourth-order valence-electron chi connectivity index (χ4n) is 2.81. The third-order valence-corrected chi connectivity index (χ3v) is 3.99. The van der Waals surface area contributed by atoms with Crippen molar-refractivity contribution in [2.75, 3.05) is 0 Å². The van der Waals surface area contributed by atoms with Crippen LogP contribution >= 0.6 is 0 Å². The highest BCUT2D eigenvalue weighted by atomic mass is 14.4. The standard InChI is InChI=1S/C14H28/c1-5-7-13(6-2)8-11(3)9-14-10-12(14)4/h11-14H,5-10H2,1-4H3. The molecular weight excluding hydrogens is 168 g/mol. The summed E-state index contributed by atoms with van der Waals surface area (Å²) in [4.78, 5) is 0. The summed E-state index contributed by atoms with van der Waals surface area (Å²) < 4.78 is 0. The van der Waals surface area contributed by atoms with Gasteiger partial charge in [0.1, 0.15) is 0 Å². The van der Waals surface area contributed by atoms with Crippen LogP contribution < -0.4 is 0 Å². The molecule has 0 heteroatoms. The maximum atomic E-state index is 2.46. The van der Waals surface area contributed by atoms with E-state index in [4.69, 9.17) is 0 Å². The molecule has 14 heavy (non-hydrogen) atoms. The Labute approximate surface area is 90.5 Å². The summed E-state index contributed by atoms with van der Waals surface area (Å²) in [5.41, 5.74) is 0. The molecule has 0 N–H and O–H groups in total. The zero-order valence-electron chi connectivity index (χ0n) is 10.6. The van der Waals surface area contributed by atoms with Crippen molar-refractivity contribution in [3.8, 4) is 0 Å². The van der Waals surface area contributed by atoms with Crippen molar-refractivity contribution in [2.24, 2.45) is 23.7 Å². The Morgan fingerprint density at radius 2 is 1.93 bits per heavy atom. The molecule has 0 amide bonds. The topological polar surface area (TPSA) is 0 Å². The van der Waals surface area contributed by atoms with Gasteiger partial charge >= 0.3 is 0 Å². The van der Waals surface area contributed by atoms with Crippen LogP contribution in [0.3, 0.4) is 0 Å². The molecule has 1 fully saturated rings. The Bertz CT molecular complexity index is 150. The fraction of sp³-hybridized carbons (Fsp3) is 1.00. The average molecular weight is 196 g/mol. The molecule has 1 aliphatic rings. The van der Waals surface area contributed by atoms with E-state index in [1.807, 2.05) is 0 Å². The molecule has 0 saturated heterocycles. The summed E-state index contributed by atoms with van der Waals surface area (Å²) in [7, 11) is 0. The Hall–Kier alpha value is 0. The Morgan fingerprint density at radius 1 is 1.29 bits per heavy atom. The Morgan fingerprint density at radius 3 is 2.36 bits per heavy atom. The first-order chi connectivity index (χ1) is 6.67. The van der Waals surface area contributed by atoms with E-state index < -0.39 is 0 Å². The molecule has 4 unspecified atom stereocenters. The third kappa shape index (κ3) is 4.02. The summed E-state index contributed by atoms with van der Waals surface area (Å²) >= 11 is 0. The Balaban J connectivity index is 2.13. The largest absolute Gasteiger partial charge is 0.0654 e. The molecule has 0 aliphatic heterocycles. The maximum absolute atomic E-state index is 2.46. The van der Waals surface area contributed by atoms with Gasteiger partial charge in [-0.2, -0.15) is 0 Å². The summed E-state index contributed by atoms with van der Waals surface area (Å²) in [5, 5.41) is 0. The highest BCUT2D eigenvalue weighted by Crippen LogP contribution is 2.43. The van der Waals surface area contributed by atoms with E-state index in [1.54, 1.807) is 0 Å². The van der Waals surface area contributed by atoms with Crippen molar-refractivity contribution in [3.05, 3.63) is 0 Å². The second-order valence-corrected chi connectivity index (χ2v) is 5.61. The third-order valence-electron chi connectivity index (χ3n) is 3.99. The van der Waals surface area contributed by atoms with Crippen LogP contribution in [0.15, 0.2) is 0 Å². The molecular formula is C14H28. The van der Waals surface area contributed by atoms with Gasteiger partial charge in [-0.3, -0.25) is 0 Å². The lowest BCUT2D eigenvalue weighted by atomic mass is 9.87. The number of rotatable bonds is 7. The second kappa shape index (κ2) is 5.78. The first-order valence-electron chi connectivity index (χ1n) is 6.67. The molecule has 0 radical (unpaired) electrons. The Kier molecular flexibility index (Phi) is 4.98. The zero-order chi connectivity index (χ0) is 10.6. The summed E-state index contributed by atoms with van der Waals surface area (Å²) in [6.45, 7) is 9.53. The molecule has 84 valence electrons. The summed E-state index contributed by atoms with van der Waals surface area (Å²) in [6, 6.07) is 0. The van der Waals surface area contributed by atoms with E-state index in [0.29, 0.717) is 0 Å². The SMILES string of the molecule is CCCC(CC)CC(C)CC1CC1C. The van der Waals surface area contributed by atoms with Crippen molar-refractivity contribution in [2.45, 2.75) is 66.2 Å². The zero-order valence-corrected chi connectivity index (χ0v) is 10.6. The average Bonchev–Trinajstić information content (AvgIpc) is 2.80. The van der Waals surface area contributed by atoms with Gasteiger partial charge in [0.15, 0.2) is 0 Å². The van der Waals surface area contributed by atoms with Crippen LogP contribution in [0.25, 0.3) is 0 Å². The highest BCUT2D eigenvalue weighted by Gasteiger charge is 2.33. The molecule has 0 spiro atoms. The van der Waals surface area contributed by atoms with Gasteiger partial charge in [0.2, 0.25) is 0 Å². The van der Waals surface area contributed by atoms with E-state index in [1.165, 1.54) is 38.5 Å². The lowest BCUT2D eigenvalue weighted by molar-refractivity contribution is 0.332. The van der Waals surface area contributed by atoms with E-state index in [0.717, 1.165) is 23.7 Å². The van der Waals surface area contributed by atoms with Gasteiger partial charge in [-0.1, -0.05) is 47.0 Å². The minimum atomic E-state index is 0.974. The van der Waals surface area contributed by atoms with Gasteiger partial charge in [0.05, 0.1) is 0 Å². The molecule has 0 nitrogen and oxygen atoms in total. The van der Waals surface area contributed by atoms with Crippen LogP contribution in [0.2, 0.25) is 0 Å². The second-order valence-electron chi connectivity index (χ2n) is 5.61. The van der Waals surface area contributed by atoms with E-state index in [9.17, 15) is 0 Å². The molecule has 1 saturated carbocycles. The van der Waals surface area contributed by atoms with Crippen molar-refractivity contribution in [3.63, 3.8) is 0 Å². The van der Waals surface area contributed by atoms with E-state index in [2.05, 4.69) is 27.7 Å². The van der Waals surface area contributed by atoms with Gasteiger partial charge < -0.3 is 0 Å². The van der Waals surface area contributed by atoms with Gasteiger partial charge in [-0.15, -0.1) is 0 Å². The van der Waals surface area contributed by atoms with E-state index >= 15 is 0 Å². The molecule has 0 bridgehead atoms. The van der Waals surface area contributed by atoms with Crippen LogP contribution in [0.4, 0.5) is 0 Å². The molecule has 1 rings (SSSR count). The van der Waals surface area contributed by atoms with Crippen LogP contribution in [0.5, 0.6) is 0 Å². The lowest BCUT2D eigenvalue weighted by Gasteiger charge is -2.19. The highest BCUT2D eigenvalue weighted by molar-refractivity contribution is 4.83. The van der Waals surface area contributed by atoms with Crippen molar-refractivity contribution in [1.82, 2.24) is 0 Å². The molecule has 4 atom stereocenters. The normalized spacial score (nSPS) is 30.0. The predicted molar refractivity (Wildman–Crippen MR) is 64.4 cm³/mol. The van der Waals surface area contributed by atoms with Gasteiger partial charge in [-0.25, -0.2) is 0 Å². The van der Waals surface area contributed by atoms with Gasteiger partial charge in [0, 0.05) is 0 Å². The van der Waals surface area contributed by atoms with Crippen LogP contribution in [-0.4, -0.2) is 0 Å². The first-order valence-corrected chi connectivity index (χ1v) is 6.67. The molecule has 0 aromatic rings. The quantitative estimate of drug-likeness (QED) is 0.544. The first kappa shape index (κ1) is 12.1. The van der Waals surface area contributed by atoms with Crippen LogP contribution in [-0.2, 0) is 0 Å². The van der Waals surface area contributed by atoms with E-state index in [-0.39, 0.29) is 0 Å². The lowest BCUT2D eigenvalue weighted by Crippen LogP contribution is -2.06. The van der Waals surface area contributed by atoms with Crippen LogP contribution in [0.1, 0.15) is 66.2 Å².